The summed E-state index contributed by atoms with van der Waals surface area (Å²) in [6, 6.07) is 1.78. The summed E-state index contributed by atoms with van der Waals surface area (Å²) in [4.78, 5) is 2.60. The highest BCUT2D eigenvalue weighted by molar-refractivity contribution is 7.80. The second-order valence-corrected chi connectivity index (χ2v) is 5.80. The first kappa shape index (κ1) is 15.7. The van der Waals surface area contributed by atoms with Crippen LogP contribution in [0.15, 0.2) is 11.0 Å². The van der Waals surface area contributed by atoms with Crippen LogP contribution in [-0.4, -0.2) is 38.1 Å². The summed E-state index contributed by atoms with van der Waals surface area (Å²) in [6.07, 6.45) is 0. The van der Waals surface area contributed by atoms with Gasteiger partial charge in [-0.2, -0.15) is 0 Å². The van der Waals surface area contributed by atoms with Crippen molar-refractivity contribution < 1.29 is 12.9 Å². The van der Waals surface area contributed by atoms with Gasteiger partial charge in [-0.05, 0) is 25.5 Å². The number of benzene rings is 1. The summed E-state index contributed by atoms with van der Waals surface area (Å²) < 4.78 is 39.8. The van der Waals surface area contributed by atoms with Gasteiger partial charge < -0.3 is 18.3 Å². The summed E-state index contributed by atoms with van der Waals surface area (Å²) in [5.41, 5.74) is 0.855. The molecule has 0 saturated carbocycles. The monoisotopic (exact) mass is 303 g/mol. The molecule has 112 valence electrons. The quantitative estimate of drug-likeness (QED) is 0.656. The largest absolute Gasteiger partial charge is 0.510 e. The van der Waals surface area contributed by atoms with Gasteiger partial charge in [0.1, 0.15) is 0 Å². The zero-order valence-corrected chi connectivity index (χ0v) is 12.6. The third-order valence-corrected chi connectivity index (χ3v) is 4.38. The van der Waals surface area contributed by atoms with E-state index in [2.05, 4.69) is 22.8 Å². The third-order valence-electron chi connectivity index (χ3n) is 3.92. The predicted octanol–water partition coefficient (Wildman–Crippen LogP) is 2.05. The van der Waals surface area contributed by atoms with Gasteiger partial charge in [-0.15, -0.1) is 18.1 Å². The Morgan fingerprint density at radius 1 is 1.20 bits per heavy atom. The van der Waals surface area contributed by atoms with Crippen LogP contribution in [0.3, 0.4) is 0 Å². The van der Waals surface area contributed by atoms with Crippen molar-refractivity contribution in [3.63, 3.8) is 0 Å². The highest BCUT2D eigenvalue weighted by atomic mass is 32.1. The molecule has 0 amide bonds. The first-order chi connectivity index (χ1) is 9.30. The second kappa shape index (κ2) is 5.99. The van der Waals surface area contributed by atoms with Crippen LogP contribution in [-0.2, 0) is 6.54 Å². The van der Waals surface area contributed by atoms with Crippen LogP contribution in [0.5, 0.6) is 0 Å². The molecule has 0 radical (unpaired) electrons. The number of halogens is 3. The summed E-state index contributed by atoms with van der Waals surface area (Å²) in [5.74, 6) is 0. The van der Waals surface area contributed by atoms with E-state index in [0.717, 1.165) is 31.7 Å². The maximum Gasteiger partial charge on any atom is 0.510 e. The molecule has 1 saturated heterocycles. The van der Waals surface area contributed by atoms with Gasteiger partial charge in [-0.25, -0.2) is 0 Å². The third kappa shape index (κ3) is 3.32. The minimum atomic E-state index is -5.00. The van der Waals surface area contributed by atoms with Gasteiger partial charge in [0.25, 0.3) is 0 Å². The van der Waals surface area contributed by atoms with Crippen molar-refractivity contribution in [2.45, 2.75) is 25.3 Å². The van der Waals surface area contributed by atoms with Crippen molar-refractivity contribution in [2.75, 3.05) is 26.2 Å². The lowest BCUT2D eigenvalue weighted by molar-refractivity contribution is 0.232. The second-order valence-electron chi connectivity index (χ2n) is 5.32. The molecule has 1 N–H and O–H groups in total. The Bertz CT molecular complexity index is 499. The molecule has 1 aliphatic rings. The molecule has 1 heterocycles. The van der Waals surface area contributed by atoms with Crippen LogP contribution in [0.2, 0.25) is 0 Å². The number of nitrogens with zero attached hydrogens (tertiary/aromatic N) is 1. The van der Waals surface area contributed by atoms with Crippen molar-refractivity contribution in [3.8, 4) is 0 Å². The smallest absolute Gasteiger partial charge is 0.445 e. The van der Waals surface area contributed by atoms with Crippen LogP contribution in [0.25, 0.3) is 0 Å². The molecule has 2 rings (SSSR count). The average molecular weight is 303 g/mol. The van der Waals surface area contributed by atoms with Gasteiger partial charge in [0.15, 0.2) is 0 Å². The van der Waals surface area contributed by atoms with E-state index in [0.29, 0.717) is 17.0 Å². The Kier molecular flexibility index (Phi) is 4.71. The molecule has 7 heteroatoms. The van der Waals surface area contributed by atoms with Gasteiger partial charge in [-0.1, -0.05) is 11.1 Å². The fourth-order valence-corrected chi connectivity index (χ4v) is 3.02. The standard InChI is InChI=1S/C13H19BF3N2S/c1-9-11(8-19-5-3-18-4-6-19)7-12(20)10(2)13(9)14(15,16)17/h7,18,20H,3-6,8H2,1-2H3/q-1. The number of piperazine rings is 1. The number of rotatable bonds is 3. The molecule has 20 heavy (non-hydrogen) atoms. The summed E-state index contributed by atoms with van der Waals surface area (Å²) in [5, 5.41) is 3.24. The highest BCUT2D eigenvalue weighted by Crippen LogP contribution is 2.24. The zero-order valence-electron chi connectivity index (χ0n) is 11.7. The van der Waals surface area contributed by atoms with Crippen molar-refractivity contribution in [3.05, 3.63) is 22.8 Å². The van der Waals surface area contributed by atoms with Crippen LogP contribution in [0, 0.1) is 13.8 Å². The molecule has 1 aliphatic heterocycles. The molecule has 1 aromatic rings. The van der Waals surface area contributed by atoms with Gasteiger partial charge in [0.05, 0.1) is 0 Å². The number of hydrogen-bond acceptors (Lipinski definition) is 3. The molecule has 1 aromatic carbocycles. The van der Waals surface area contributed by atoms with Crippen molar-refractivity contribution >= 4 is 25.1 Å². The Labute approximate surface area is 123 Å². The number of hydrogen-bond donors (Lipinski definition) is 2. The van der Waals surface area contributed by atoms with Crippen molar-refractivity contribution in [1.82, 2.24) is 10.2 Å². The minimum Gasteiger partial charge on any atom is -0.445 e. The Morgan fingerprint density at radius 3 is 2.35 bits per heavy atom. The molecular formula is C13H19BF3N2S-. The minimum absolute atomic E-state index is 0.238. The van der Waals surface area contributed by atoms with Gasteiger partial charge >= 0.3 is 6.98 Å². The molecule has 0 bridgehead atoms. The van der Waals surface area contributed by atoms with E-state index >= 15 is 0 Å². The Morgan fingerprint density at radius 2 is 1.80 bits per heavy atom. The van der Waals surface area contributed by atoms with E-state index in [1.54, 1.807) is 13.0 Å². The predicted molar refractivity (Wildman–Crippen MR) is 80.0 cm³/mol. The molecule has 0 aromatic heterocycles. The molecule has 0 atom stereocenters. The Hall–Kier alpha value is -0.655. The number of nitrogens with one attached hydrogen (secondary N) is 1. The molecule has 0 spiro atoms. The van der Waals surface area contributed by atoms with E-state index < -0.39 is 12.4 Å². The van der Waals surface area contributed by atoms with Crippen LogP contribution in [0.4, 0.5) is 12.9 Å². The first-order valence-corrected chi connectivity index (χ1v) is 7.20. The van der Waals surface area contributed by atoms with E-state index in [9.17, 15) is 12.9 Å². The fourth-order valence-electron chi connectivity index (χ4n) is 2.74. The van der Waals surface area contributed by atoms with E-state index in [1.165, 1.54) is 6.92 Å². The molecule has 0 aliphatic carbocycles. The number of thiol groups is 1. The topological polar surface area (TPSA) is 15.3 Å². The normalized spacial score (nSPS) is 17.5. The van der Waals surface area contributed by atoms with Crippen LogP contribution < -0.4 is 10.8 Å². The SMILES string of the molecule is Cc1c(S)cc(CN2CCNCC2)c(C)c1[B-](F)(F)F. The van der Waals surface area contributed by atoms with E-state index in [4.69, 9.17) is 0 Å². The molecular weight excluding hydrogens is 284 g/mol. The summed E-state index contributed by atoms with van der Waals surface area (Å²) in [7, 11) is 0. The highest BCUT2D eigenvalue weighted by Gasteiger charge is 2.31. The first-order valence-electron chi connectivity index (χ1n) is 6.75. The van der Waals surface area contributed by atoms with Gasteiger partial charge in [0, 0.05) is 37.6 Å². The average Bonchev–Trinajstić information content (AvgIpc) is 2.36. The van der Waals surface area contributed by atoms with Crippen LogP contribution in [0.1, 0.15) is 16.7 Å². The molecule has 0 unspecified atom stereocenters. The Balaban J connectivity index is 2.36. The maximum atomic E-state index is 13.3. The van der Waals surface area contributed by atoms with Crippen LogP contribution >= 0.6 is 12.6 Å². The molecule has 2 nitrogen and oxygen atoms in total. The zero-order chi connectivity index (χ0) is 14.9. The van der Waals surface area contributed by atoms with Gasteiger partial charge in [0.2, 0.25) is 0 Å². The van der Waals surface area contributed by atoms with Gasteiger partial charge in [-0.3, -0.25) is 4.90 Å². The van der Waals surface area contributed by atoms with Crippen molar-refractivity contribution in [2.24, 2.45) is 0 Å². The van der Waals surface area contributed by atoms with E-state index in [-0.39, 0.29) is 5.56 Å². The maximum absolute atomic E-state index is 13.3. The van der Waals surface area contributed by atoms with E-state index in [1.807, 2.05) is 0 Å². The fraction of sp³-hybridized carbons (Fsp3) is 0.538. The lowest BCUT2D eigenvalue weighted by atomic mass is 9.73. The summed E-state index contributed by atoms with van der Waals surface area (Å²) in [6.45, 7) is 2.11. The lowest BCUT2D eigenvalue weighted by Gasteiger charge is -2.30. The lowest BCUT2D eigenvalue weighted by Crippen LogP contribution is -2.44. The van der Waals surface area contributed by atoms with Crippen molar-refractivity contribution in [1.29, 1.82) is 0 Å². The summed E-state index contributed by atoms with van der Waals surface area (Å²) >= 11 is 4.21. The molecule has 1 fully saturated rings.